The van der Waals surface area contributed by atoms with Gasteiger partial charge in [-0.15, -0.1) is 0 Å². The maximum atomic E-state index is 12.0. The summed E-state index contributed by atoms with van der Waals surface area (Å²) in [5.74, 6) is 0. The average molecular weight is 285 g/mol. The number of rotatable bonds is 5. The fourth-order valence-electron chi connectivity index (χ4n) is 1.54. The molecule has 1 aromatic rings. The lowest BCUT2D eigenvalue weighted by Crippen LogP contribution is -2.47. The molecule has 0 atom stereocenters. The van der Waals surface area contributed by atoms with Crippen LogP contribution in [0.4, 0.5) is 5.69 Å². The van der Waals surface area contributed by atoms with E-state index < -0.39 is 10.0 Å². The van der Waals surface area contributed by atoms with Gasteiger partial charge in [-0.3, -0.25) is 0 Å². The van der Waals surface area contributed by atoms with Gasteiger partial charge in [-0.2, -0.15) is 0 Å². The van der Waals surface area contributed by atoms with Gasteiger partial charge in [-0.1, -0.05) is 0 Å². The van der Waals surface area contributed by atoms with E-state index in [0.29, 0.717) is 11.4 Å². The zero-order chi connectivity index (χ0) is 14.8. The summed E-state index contributed by atoms with van der Waals surface area (Å²) in [6.07, 6.45) is 0. The highest BCUT2D eigenvalue weighted by atomic mass is 32.2. The van der Waals surface area contributed by atoms with Crippen molar-refractivity contribution in [3.05, 3.63) is 24.3 Å². The number of benzene rings is 1. The summed E-state index contributed by atoms with van der Waals surface area (Å²) in [4.78, 5) is 2.33. The van der Waals surface area contributed by atoms with E-state index in [2.05, 4.69) is 0 Å². The van der Waals surface area contributed by atoms with Gasteiger partial charge in [0.05, 0.1) is 4.90 Å². The second-order valence-corrected chi connectivity index (χ2v) is 7.51. The summed E-state index contributed by atoms with van der Waals surface area (Å²) in [6, 6.07) is 6.84. The molecule has 0 amide bonds. The van der Waals surface area contributed by atoms with E-state index in [9.17, 15) is 8.42 Å². The number of sulfonamides is 1. The Morgan fingerprint density at radius 1 is 1.11 bits per heavy atom. The summed E-state index contributed by atoms with van der Waals surface area (Å²) >= 11 is 0. The quantitative estimate of drug-likeness (QED) is 0.880. The van der Waals surface area contributed by atoms with Crippen molar-refractivity contribution in [1.29, 1.82) is 0 Å². The van der Waals surface area contributed by atoms with Crippen LogP contribution in [0.3, 0.4) is 0 Å². The molecular weight excluding hydrogens is 262 g/mol. The van der Waals surface area contributed by atoms with Crippen LogP contribution in [0.25, 0.3) is 0 Å². The molecule has 0 bridgehead atoms. The van der Waals surface area contributed by atoms with Gasteiger partial charge in [-0.25, -0.2) is 12.7 Å². The van der Waals surface area contributed by atoms with Gasteiger partial charge in [0.1, 0.15) is 0 Å². The standard InChI is InChI=1S/C13H23N3O2S/c1-13(2,10-14)16(5)11-6-8-12(9-7-11)19(17,18)15(3)4/h6-9H,10,14H2,1-5H3. The Bertz CT molecular complexity index is 521. The lowest BCUT2D eigenvalue weighted by atomic mass is 10.0. The first kappa shape index (κ1) is 15.9. The van der Waals surface area contributed by atoms with Crippen LogP contribution in [-0.4, -0.2) is 45.9 Å². The van der Waals surface area contributed by atoms with Gasteiger partial charge in [0.15, 0.2) is 0 Å². The fourth-order valence-corrected chi connectivity index (χ4v) is 2.44. The highest BCUT2D eigenvalue weighted by Gasteiger charge is 2.23. The second kappa shape index (κ2) is 5.48. The van der Waals surface area contributed by atoms with E-state index in [1.165, 1.54) is 18.4 Å². The number of likely N-dealkylation sites (N-methyl/N-ethyl adjacent to an activating group) is 1. The molecule has 0 saturated carbocycles. The van der Waals surface area contributed by atoms with Gasteiger partial charge >= 0.3 is 0 Å². The SMILES string of the molecule is CN(c1ccc(S(=O)(=O)N(C)C)cc1)C(C)(C)CN. The molecule has 0 aromatic heterocycles. The predicted octanol–water partition coefficient (Wildman–Crippen LogP) is 1.11. The third-order valence-electron chi connectivity index (χ3n) is 3.41. The van der Waals surface area contributed by atoms with Crippen LogP contribution in [0.5, 0.6) is 0 Å². The fraction of sp³-hybridized carbons (Fsp3) is 0.538. The minimum atomic E-state index is -3.37. The highest BCUT2D eigenvalue weighted by Crippen LogP contribution is 2.23. The van der Waals surface area contributed by atoms with Crippen molar-refractivity contribution in [3.8, 4) is 0 Å². The maximum absolute atomic E-state index is 12.0. The normalized spacial score (nSPS) is 12.8. The van der Waals surface area contributed by atoms with Crippen LogP contribution in [0.2, 0.25) is 0 Å². The molecule has 0 heterocycles. The minimum Gasteiger partial charge on any atom is -0.368 e. The number of nitrogens with zero attached hydrogens (tertiary/aromatic N) is 2. The van der Waals surface area contributed by atoms with Crippen molar-refractivity contribution in [2.75, 3.05) is 32.6 Å². The Labute approximate surface area is 116 Å². The van der Waals surface area contributed by atoms with Gasteiger partial charge < -0.3 is 10.6 Å². The average Bonchev–Trinajstić information content (AvgIpc) is 2.37. The Morgan fingerprint density at radius 2 is 1.58 bits per heavy atom. The van der Waals surface area contributed by atoms with Crippen LogP contribution in [0.15, 0.2) is 29.2 Å². The van der Waals surface area contributed by atoms with Crippen molar-refractivity contribution in [3.63, 3.8) is 0 Å². The largest absolute Gasteiger partial charge is 0.368 e. The van der Waals surface area contributed by atoms with Gasteiger partial charge in [0.25, 0.3) is 0 Å². The van der Waals surface area contributed by atoms with Crippen LogP contribution < -0.4 is 10.6 Å². The third-order valence-corrected chi connectivity index (χ3v) is 5.24. The van der Waals surface area contributed by atoms with Gasteiger partial charge in [-0.05, 0) is 38.1 Å². The maximum Gasteiger partial charge on any atom is 0.242 e. The summed E-state index contributed by atoms with van der Waals surface area (Å²) in [5.41, 5.74) is 6.50. The highest BCUT2D eigenvalue weighted by molar-refractivity contribution is 7.89. The first-order chi connectivity index (χ1) is 8.63. The molecule has 0 aliphatic carbocycles. The van der Waals surface area contributed by atoms with Crippen LogP contribution in [0.1, 0.15) is 13.8 Å². The third kappa shape index (κ3) is 3.26. The first-order valence-electron chi connectivity index (χ1n) is 6.09. The molecule has 1 aromatic carbocycles. The molecule has 1 rings (SSSR count). The molecule has 0 aliphatic heterocycles. The van der Waals surface area contributed by atoms with Crippen molar-refractivity contribution in [2.24, 2.45) is 5.73 Å². The second-order valence-electron chi connectivity index (χ2n) is 5.36. The molecular formula is C13H23N3O2S. The van der Waals surface area contributed by atoms with E-state index in [1.807, 2.05) is 25.8 Å². The lowest BCUT2D eigenvalue weighted by molar-refractivity contribution is 0.498. The lowest BCUT2D eigenvalue weighted by Gasteiger charge is -2.36. The molecule has 0 saturated heterocycles. The summed E-state index contributed by atoms with van der Waals surface area (Å²) in [6.45, 7) is 4.59. The number of hydrogen-bond donors (Lipinski definition) is 1. The monoisotopic (exact) mass is 285 g/mol. The van der Waals surface area contributed by atoms with E-state index in [0.717, 1.165) is 5.69 Å². The summed E-state index contributed by atoms with van der Waals surface area (Å²) in [7, 11) is 1.62. The van der Waals surface area contributed by atoms with E-state index in [1.54, 1.807) is 24.3 Å². The Balaban J connectivity index is 3.08. The van der Waals surface area contributed by atoms with E-state index in [-0.39, 0.29) is 5.54 Å². The molecule has 0 fully saturated rings. The summed E-state index contributed by atoms with van der Waals surface area (Å²) < 4.78 is 25.1. The number of nitrogens with two attached hydrogens (primary N) is 1. The van der Waals surface area contributed by atoms with Crippen LogP contribution in [0, 0.1) is 0 Å². The zero-order valence-corrected chi connectivity index (χ0v) is 13.0. The van der Waals surface area contributed by atoms with Gasteiger partial charge in [0, 0.05) is 38.9 Å². The van der Waals surface area contributed by atoms with Crippen LogP contribution >= 0.6 is 0 Å². The number of anilines is 1. The Kier molecular flexibility index (Phi) is 4.60. The first-order valence-corrected chi connectivity index (χ1v) is 7.53. The molecule has 6 heteroatoms. The van der Waals surface area contributed by atoms with Crippen molar-refractivity contribution < 1.29 is 8.42 Å². The molecule has 0 unspecified atom stereocenters. The number of hydrogen-bond acceptors (Lipinski definition) is 4. The predicted molar refractivity (Wildman–Crippen MR) is 78.9 cm³/mol. The zero-order valence-electron chi connectivity index (χ0n) is 12.2. The van der Waals surface area contributed by atoms with Gasteiger partial charge in [0.2, 0.25) is 10.0 Å². The topological polar surface area (TPSA) is 66.6 Å². The molecule has 0 radical (unpaired) electrons. The van der Waals surface area contributed by atoms with E-state index in [4.69, 9.17) is 5.73 Å². The smallest absolute Gasteiger partial charge is 0.242 e. The molecule has 0 spiro atoms. The molecule has 5 nitrogen and oxygen atoms in total. The molecule has 19 heavy (non-hydrogen) atoms. The minimum absolute atomic E-state index is 0.179. The molecule has 2 N–H and O–H groups in total. The van der Waals surface area contributed by atoms with E-state index >= 15 is 0 Å². The van der Waals surface area contributed by atoms with Crippen molar-refractivity contribution >= 4 is 15.7 Å². The van der Waals surface area contributed by atoms with Crippen LogP contribution in [-0.2, 0) is 10.0 Å². The van der Waals surface area contributed by atoms with Crippen molar-refractivity contribution in [2.45, 2.75) is 24.3 Å². The summed E-state index contributed by atoms with van der Waals surface area (Å²) in [5, 5.41) is 0. The Hall–Kier alpha value is -1.11. The Morgan fingerprint density at radius 3 is 1.95 bits per heavy atom. The van der Waals surface area contributed by atoms with Crippen molar-refractivity contribution in [1.82, 2.24) is 4.31 Å². The molecule has 0 aliphatic rings. The molecule has 108 valence electrons.